The fourth-order valence-electron chi connectivity index (χ4n) is 11.9. The first-order chi connectivity index (χ1) is 29.7. The predicted molar refractivity (Wildman–Crippen MR) is 255 cm³/mol. The van der Waals surface area contributed by atoms with Crippen LogP contribution in [0.4, 0.5) is 5.69 Å². The van der Waals surface area contributed by atoms with Crippen LogP contribution in [0.3, 0.4) is 0 Å². The summed E-state index contributed by atoms with van der Waals surface area (Å²) in [6.45, 7) is 15.7. The van der Waals surface area contributed by atoms with Gasteiger partial charge in [-0.3, -0.25) is 0 Å². The van der Waals surface area contributed by atoms with Gasteiger partial charge in [0.1, 0.15) is 23.0 Å². The van der Waals surface area contributed by atoms with Crippen LogP contribution in [-0.4, -0.2) is 48.6 Å². The van der Waals surface area contributed by atoms with Gasteiger partial charge in [0.2, 0.25) is 0 Å². The molecule has 6 aromatic rings. The summed E-state index contributed by atoms with van der Waals surface area (Å²) in [6, 6.07) is 35.1. The number of rotatable bonds is 10. The van der Waals surface area contributed by atoms with Crippen LogP contribution in [-0.2, 0) is 15.8 Å². The molecule has 6 nitrogen and oxygen atoms in total. The van der Waals surface area contributed by atoms with Crippen molar-refractivity contribution in [3.05, 3.63) is 142 Å². The first-order valence-electron chi connectivity index (χ1n) is 22.0. The molecule has 1 aliphatic heterocycles. The van der Waals surface area contributed by atoms with E-state index in [4.69, 9.17) is 23.7 Å². The first kappa shape index (κ1) is 41.6. The van der Waals surface area contributed by atoms with Crippen LogP contribution in [0.5, 0.6) is 23.0 Å². The van der Waals surface area contributed by atoms with E-state index in [0.29, 0.717) is 6.61 Å². The average Bonchev–Trinajstić information content (AvgIpc) is 3.51. The Morgan fingerprint density at radius 1 is 0.629 bits per heavy atom. The molecule has 0 saturated heterocycles. The Hall–Kier alpha value is -5.72. The van der Waals surface area contributed by atoms with E-state index >= 15 is 0 Å². The maximum atomic E-state index is 7.94. The number of hydrogen-bond donors (Lipinski definition) is 0. The van der Waals surface area contributed by atoms with Gasteiger partial charge in [-0.05, 0) is 137 Å². The summed E-state index contributed by atoms with van der Waals surface area (Å²) in [5.74, 6) is 3.33. The fourth-order valence-corrected chi connectivity index (χ4v) is 11.9. The van der Waals surface area contributed by atoms with Crippen LogP contribution in [0.25, 0.3) is 39.1 Å². The maximum Gasteiger partial charge on any atom is 0.178 e. The molecule has 2 aliphatic carbocycles. The third-order valence-corrected chi connectivity index (χ3v) is 13.9. The standard InChI is InChI=1S/C56H61NO5/c1-35-12-22-43-48(28-35)55(33-53(3,4)32-54(5,6)34-55)51-44-24-25-56(37-13-17-39(59-9)18-14-37,38-15-19-40(60-10)20-16-38)62-52(44)47-30-45(42-23-21-41(61-11)29-36(42)2)49(31-46(47)50(43)51)57(7)26-27-58-8/h12-25,28-31H,26-27,32-34H2,1-11H3. The molecule has 0 amide bonds. The second-order valence-electron chi connectivity index (χ2n) is 19.6. The lowest BCUT2D eigenvalue weighted by Gasteiger charge is -2.52. The summed E-state index contributed by atoms with van der Waals surface area (Å²) in [5.41, 5.74) is 13.6. The van der Waals surface area contributed by atoms with E-state index in [9.17, 15) is 0 Å². The molecule has 6 aromatic carbocycles. The highest BCUT2D eigenvalue weighted by Crippen LogP contribution is 2.67. The Bertz CT molecular complexity index is 2660. The quantitative estimate of drug-likeness (QED) is 0.137. The summed E-state index contributed by atoms with van der Waals surface area (Å²) < 4.78 is 30.6. The van der Waals surface area contributed by atoms with Gasteiger partial charge in [0, 0.05) is 59.4 Å². The topological polar surface area (TPSA) is 49.4 Å². The molecular weight excluding hydrogens is 767 g/mol. The summed E-state index contributed by atoms with van der Waals surface area (Å²) in [7, 11) is 9.10. The minimum absolute atomic E-state index is 0.0999. The number of hydrogen-bond acceptors (Lipinski definition) is 6. The number of nitrogens with zero attached hydrogens (tertiary/aromatic N) is 1. The van der Waals surface area contributed by atoms with E-state index in [1.54, 1.807) is 28.4 Å². The molecular formula is C56H61NO5. The molecule has 1 fully saturated rings. The van der Waals surface area contributed by atoms with E-state index in [0.717, 1.165) is 87.7 Å². The molecule has 0 atom stereocenters. The Morgan fingerprint density at radius 3 is 1.81 bits per heavy atom. The Labute approximate surface area is 368 Å². The molecule has 0 bridgehead atoms. The number of methoxy groups -OCH3 is 4. The molecule has 0 N–H and O–H groups in total. The lowest BCUT2D eigenvalue weighted by molar-refractivity contribution is 0.0641. The van der Waals surface area contributed by atoms with Crippen LogP contribution in [0.15, 0.2) is 103 Å². The zero-order valence-corrected chi connectivity index (χ0v) is 38.4. The molecule has 3 aliphatic rings. The van der Waals surface area contributed by atoms with E-state index < -0.39 is 5.60 Å². The minimum atomic E-state index is -0.961. The Balaban J connectivity index is 1.44. The highest BCUT2D eigenvalue weighted by molar-refractivity contribution is 6.12. The van der Waals surface area contributed by atoms with Gasteiger partial charge in [0.15, 0.2) is 5.60 Å². The van der Waals surface area contributed by atoms with Crippen molar-refractivity contribution in [3.63, 3.8) is 0 Å². The Morgan fingerprint density at radius 2 is 1.23 bits per heavy atom. The number of ether oxygens (including phenoxy) is 5. The molecule has 1 spiro atoms. The van der Waals surface area contributed by atoms with Gasteiger partial charge in [-0.2, -0.15) is 0 Å². The number of aryl methyl sites for hydroxylation is 2. The van der Waals surface area contributed by atoms with E-state index in [1.807, 2.05) is 24.3 Å². The average molecular weight is 828 g/mol. The van der Waals surface area contributed by atoms with Crippen molar-refractivity contribution in [2.45, 2.75) is 71.8 Å². The second kappa shape index (κ2) is 15.3. The van der Waals surface area contributed by atoms with Crippen molar-refractivity contribution in [3.8, 4) is 45.3 Å². The fraction of sp³-hybridized carbons (Fsp3) is 0.357. The third kappa shape index (κ3) is 6.73. The van der Waals surface area contributed by atoms with Crippen molar-refractivity contribution in [2.75, 3.05) is 53.5 Å². The van der Waals surface area contributed by atoms with Gasteiger partial charge in [-0.15, -0.1) is 0 Å². The summed E-state index contributed by atoms with van der Waals surface area (Å²) in [4.78, 5) is 2.35. The van der Waals surface area contributed by atoms with Gasteiger partial charge < -0.3 is 28.6 Å². The smallest absolute Gasteiger partial charge is 0.178 e. The van der Waals surface area contributed by atoms with Crippen LogP contribution in [0.1, 0.15) is 85.9 Å². The number of likely N-dealkylation sites (N-methyl/N-ethyl adjacent to an activating group) is 1. The molecule has 9 rings (SSSR count). The number of anilines is 1. The van der Waals surface area contributed by atoms with Crippen molar-refractivity contribution >= 4 is 22.5 Å². The maximum absolute atomic E-state index is 7.94. The van der Waals surface area contributed by atoms with Gasteiger partial charge in [-0.25, -0.2) is 0 Å². The molecule has 0 unspecified atom stereocenters. The highest BCUT2D eigenvalue weighted by atomic mass is 16.5. The number of benzene rings is 6. The summed E-state index contributed by atoms with van der Waals surface area (Å²) in [5, 5.41) is 2.28. The van der Waals surface area contributed by atoms with Crippen LogP contribution in [0, 0.1) is 24.7 Å². The van der Waals surface area contributed by atoms with Gasteiger partial charge in [-0.1, -0.05) is 87.9 Å². The van der Waals surface area contributed by atoms with Gasteiger partial charge >= 0.3 is 0 Å². The zero-order chi connectivity index (χ0) is 43.8. The van der Waals surface area contributed by atoms with Gasteiger partial charge in [0.25, 0.3) is 0 Å². The Kier molecular flexibility index (Phi) is 10.3. The normalized spacial score (nSPS) is 17.2. The minimum Gasteiger partial charge on any atom is -0.497 e. The van der Waals surface area contributed by atoms with E-state index in [-0.39, 0.29) is 16.2 Å². The lowest BCUT2D eigenvalue weighted by Crippen LogP contribution is -2.44. The number of fused-ring (bicyclic) bond motifs is 10. The zero-order valence-electron chi connectivity index (χ0n) is 38.4. The molecule has 62 heavy (non-hydrogen) atoms. The highest BCUT2D eigenvalue weighted by Gasteiger charge is 2.55. The second-order valence-corrected chi connectivity index (χ2v) is 19.6. The van der Waals surface area contributed by atoms with Crippen molar-refractivity contribution in [1.82, 2.24) is 0 Å². The van der Waals surface area contributed by atoms with Crippen LogP contribution in [0.2, 0.25) is 0 Å². The molecule has 1 heterocycles. The van der Waals surface area contributed by atoms with Gasteiger partial charge in [0.05, 0.1) is 27.9 Å². The lowest BCUT2D eigenvalue weighted by atomic mass is 9.52. The molecule has 0 radical (unpaired) electrons. The molecule has 1 saturated carbocycles. The van der Waals surface area contributed by atoms with Crippen molar-refractivity contribution < 1.29 is 23.7 Å². The van der Waals surface area contributed by atoms with Crippen LogP contribution >= 0.6 is 0 Å². The molecule has 0 aromatic heterocycles. The first-order valence-corrected chi connectivity index (χ1v) is 22.0. The SMILES string of the molecule is COCCN(C)c1cc2c3c(c4c(c2cc1-c1ccc(OC)cc1C)OC(c1ccc(OC)cc1)(c1ccc(OC)cc1)C=C4)C1(CC(C)(C)CC(C)(C)C1)c1cc(C)ccc1-3. The predicted octanol–water partition coefficient (Wildman–Crippen LogP) is 13.1. The molecule has 320 valence electrons. The third-order valence-electron chi connectivity index (χ3n) is 13.9. The summed E-state index contributed by atoms with van der Waals surface area (Å²) in [6.07, 6.45) is 7.96. The largest absolute Gasteiger partial charge is 0.497 e. The van der Waals surface area contributed by atoms with Crippen molar-refractivity contribution in [2.24, 2.45) is 10.8 Å². The van der Waals surface area contributed by atoms with E-state index in [2.05, 4.69) is 138 Å². The molecule has 6 heteroatoms. The van der Waals surface area contributed by atoms with Crippen molar-refractivity contribution in [1.29, 1.82) is 0 Å². The van der Waals surface area contributed by atoms with Crippen LogP contribution < -0.4 is 23.8 Å². The summed E-state index contributed by atoms with van der Waals surface area (Å²) >= 11 is 0. The monoisotopic (exact) mass is 827 g/mol. The van der Waals surface area contributed by atoms with E-state index in [1.165, 1.54) is 38.8 Å².